The number of benzene rings is 3. The van der Waals surface area contributed by atoms with Crippen LogP contribution in [0.1, 0.15) is 34.9 Å². The number of anilines is 1. The van der Waals surface area contributed by atoms with Gasteiger partial charge in [0.1, 0.15) is 12.4 Å². The van der Waals surface area contributed by atoms with Crippen LogP contribution in [0.2, 0.25) is 0 Å². The molecule has 1 aliphatic heterocycles. The number of rotatable bonds is 6. The van der Waals surface area contributed by atoms with E-state index < -0.39 is 0 Å². The lowest BCUT2D eigenvalue weighted by Gasteiger charge is -2.21. The molecule has 4 aromatic rings. The van der Waals surface area contributed by atoms with Gasteiger partial charge in [0.15, 0.2) is 0 Å². The Morgan fingerprint density at radius 1 is 1.03 bits per heavy atom. The van der Waals surface area contributed by atoms with Gasteiger partial charge in [-0.1, -0.05) is 60.2 Å². The number of hydrogen-bond acceptors (Lipinski definition) is 3. The Labute approximate surface area is 205 Å². The van der Waals surface area contributed by atoms with Crippen molar-refractivity contribution in [2.75, 3.05) is 18.5 Å². The fourth-order valence-electron chi connectivity index (χ4n) is 5.00. The standard InChI is InChI=1S/C29H30N4O2/c1-20-13-14-25(21(2)15-20)32-18-23(16-27(32)34)29-30-24-11-7-8-12-26(24)33(29)19-28(35)31(3)17-22-9-5-4-6-10-22/h4-15,23H,16-19H2,1-3H3. The number of amides is 2. The van der Waals surface area contributed by atoms with Crippen LogP contribution in [-0.4, -0.2) is 39.9 Å². The minimum atomic E-state index is -0.0807. The van der Waals surface area contributed by atoms with Gasteiger partial charge in [-0.2, -0.15) is 0 Å². The highest BCUT2D eigenvalue weighted by Gasteiger charge is 2.35. The van der Waals surface area contributed by atoms with Crippen molar-refractivity contribution in [2.24, 2.45) is 0 Å². The van der Waals surface area contributed by atoms with Crippen molar-refractivity contribution in [3.8, 4) is 0 Å². The quantitative estimate of drug-likeness (QED) is 0.409. The number of carbonyl (C=O) groups is 2. The monoisotopic (exact) mass is 466 g/mol. The number of likely N-dealkylation sites (N-methyl/N-ethyl adjacent to an activating group) is 1. The first-order valence-electron chi connectivity index (χ1n) is 12.0. The maximum atomic E-state index is 13.3. The third-order valence-electron chi connectivity index (χ3n) is 6.80. The summed E-state index contributed by atoms with van der Waals surface area (Å²) in [4.78, 5) is 34.8. The van der Waals surface area contributed by atoms with Gasteiger partial charge >= 0.3 is 0 Å². The number of nitrogens with zero attached hydrogens (tertiary/aromatic N) is 4. The molecule has 1 aliphatic rings. The van der Waals surface area contributed by atoms with Crippen LogP contribution < -0.4 is 4.90 Å². The summed E-state index contributed by atoms with van der Waals surface area (Å²) in [5.41, 5.74) is 6.06. The normalized spacial score (nSPS) is 15.7. The van der Waals surface area contributed by atoms with E-state index in [0.717, 1.165) is 33.7 Å². The second kappa shape index (κ2) is 9.37. The van der Waals surface area contributed by atoms with Crippen molar-refractivity contribution in [1.82, 2.24) is 14.5 Å². The van der Waals surface area contributed by atoms with Crippen LogP contribution >= 0.6 is 0 Å². The van der Waals surface area contributed by atoms with Gasteiger partial charge in [0, 0.05) is 38.2 Å². The van der Waals surface area contributed by atoms with Crippen LogP contribution in [0, 0.1) is 13.8 Å². The molecule has 1 atom stereocenters. The molecule has 0 saturated carbocycles. The van der Waals surface area contributed by atoms with E-state index in [1.807, 2.05) is 90.2 Å². The third kappa shape index (κ3) is 4.56. The highest BCUT2D eigenvalue weighted by Crippen LogP contribution is 2.34. The van der Waals surface area contributed by atoms with Gasteiger partial charge in [-0.25, -0.2) is 4.98 Å². The molecular weight excluding hydrogens is 436 g/mol. The molecule has 5 rings (SSSR count). The fourth-order valence-corrected chi connectivity index (χ4v) is 5.00. The fraction of sp³-hybridized carbons (Fsp3) is 0.276. The molecule has 1 aromatic heterocycles. The number of hydrogen-bond donors (Lipinski definition) is 0. The lowest BCUT2D eigenvalue weighted by molar-refractivity contribution is -0.131. The Bertz CT molecular complexity index is 1390. The first-order chi connectivity index (χ1) is 16.9. The molecule has 1 saturated heterocycles. The Morgan fingerprint density at radius 3 is 2.54 bits per heavy atom. The third-order valence-corrected chi connectivity index (χ3v) is 6.80. The smallest absolute Gasteiger partial charge is 0.242 e. The molecule has 35 heavy (non-hydrogen) atoms. The predicted octanol–water partition coefficient (Wildman–Crippen LogP) is 4.83. The molecule has 6 heteroatoms. The summed E-state index contributed by atoms with van der Waals surface area (Å²) in [5, 5.41) is 0. The van der Waals surface area contributed by atoms with E-state index in [1.165, 1.54) is 5.56 Å². The van der Waals surface area contributed by atoms with Crippen LogP contribution in [0.15, 0.2) is 72.8 Å². The van der Waals surface area contributed by atoms with E-state index in [2.05, 4.69) is 13.0 Å². The van der Waals surface area contributed by atoms with E-state index in [4.69, 9.17) is 4.98 Å². The van der Waals surface area contributed by atoms with Crippen molar-refractivity contribution in [3.63, 3.8) is 0 Å². The Hall–Kier alpha value is -3.93. The summed E-state index contributed by atoms with van der Waals surface area (Å²) in [5.74, 6) is 0.818. The summed E-state index contributed by atoms with van der Waals surface area (Å²) in [6.45, 7) is 5.39. The van der Waals surface area contributed by atoms with Gasteiger partial charge in [0.2, 0.25) is 11.8 Å². The van der Waals surface area contributed by atoms with Gasteiger partial charge in [-0.15, -0.1) is 0 Å². The molecule has 0 N–H and O–H groups in total. The number of fused-ring (bicyclic) bond motifs is 1. The molecule has 1 fully saturated rings. The molecule has 0 aliphatic carbocycles. The van der Waals surface area contributed by atoms with Crippen molar-refractivity contribution in [1.29, 1.82) is 0 Å². The Balaban J connectivity index is 1.43. The Kier molecular flexibility index (Phi) is 6.12. The van der Waals surface area contributed by atoms with Crippen LogP contribution in [0.25, 0.3) is 11.0 Å². The zero-order valence-electron chi connectivity index (χ0n) is 20.4. The van der Waals surface area contributed by atoms with Gasteiger partial charge in [0.25, 0.3) is 0 Å². The number of carbonyl (C=O) groups excluding carboxylic acids is 2. The van der Waals surface area contributed by atoms with Crippen molar-refractivity contribution < 1.29 is 9.59 Å². The molecule has 0 radical (unpaired) electrons. The van der Waals surface area contributed by atoms with Crippen LogP contribution in [-0.2, 0) is 22.7 Å². The molecule has 6 nitrogen and oxygen atoms in total. The summed E-state index contributed by atoms with van der Waals surface area (Å²) in [6.07, 6.45) is 0.380. The molecule has 2 heterocycles. The summed E-state index contributed by atoms with van der Waals surface area (Å²) < 4.78 is 2.00. The maximum absolute atomic E-state index is 13.3. The minimum absolute atomic E-state index is 0.00816. The predicted molar refractivity (Wildman–Crippen MR) is 138 cm³/mol. The molecule has 178 valence electrons. The maximum Gasteiger partial charge on any atom is 0.242 e. The van der Waals surface area contributed by atoms with Crippen molar-refractivity contribution in [3.05, 3.63) is 95.3 Å². The second-order valence-corrected chi connectivity index (χ2v) is 9.48. The summed E-state index contributed by atoms with van der Waals surface area (Å²) >= 11 is 0. The molecule has 0 bridgehead atoms. The van der Waals surface area contributed by atoms with Gasteiger partial charge in [0.05, 0.1) is 11.0 Å². The van der Waals surface area contributed by atoms with Crippen LogP contribution in [0.4, 0.5) is 5.69 Å². The minimum Gasteiger partial charge on any atom is -0.340 e. The summed E-state index contributed by atoms with van der Waals surface area (Å²) in [7, 11) is 1.83. The highest BCUT2D eigenvalue weighted by molar-refractivity contribution is 5.97. The molecule has 2 amide bonds. The van der Waals surface area contributed by atoms with Crippen LogP contribution in [0.5, 0.6) is 0 Å². The van der Waals surface area contributed by atoms with E-state index in [9.17, 15) is 9.59 Å². The largest absolute Gasteiger partial charge is 0.340 e. The Morgan fingerprint density at radius 2 is 1.77 bits per heavy atom. The van der Waals surface area contributed by atoms with E-state index in [0.29, 0.717) is 19.5 Å². The van der Waals surface area contributed by atoms with Crippen molar-refractivity contribution >= 4 is 28.5 Å². The first kappa shape index (κ1) is 22.8. The topological polar surface area (TPSA) is 58.4 Å². The lowest BCUT2D eigenvalue weighted by Crippen LogP contribution is -2.30. The zero-order valence-corrected chi connectivity index (χ0v) is 20.4. The molecule has 3 aromatic carbocycles. The highest BCUT2D eigenvalue weighted by atomic mass is 16.2. The van der Waals surface area contributed by atoms with Crippen LogP contribution in [0.3, 0.4) is 0 Å². The zero-order chi connectivity index (χ0) is 24.5. The number of para-hydroxylation sites is 2. The SMILES string of the molecule is Cc1ccc(N2CC(c3nc4ccccc4n3CC(=O)N(C)Cc3ccccc3)CC2=O)c(C)c1. The van der Waals surface area contributed by atoms with Gasteiger partial charge in [-0.3, -0.25) is 9.59 Å². The average molecular weight is 467 g/mol. The van der Waals surface area contributed by atoms with E-state index in [-0.39, 0.29) is 24.3 Å². The van der Waals surface area contributed by atoms with Gasteiger partial charge < -0.3 is 14.4 Å². The lowest BCUT2D eigenvalue weighted by atomic mass is 10.1. The van der Waals surface area contributed by atoms with E-state index >= 15 is 0 Å². The first-order valence-corrected chi connectivity index (χ1v) is 12.0. The number of aryl methyl sites for hydroxylation is 2. The number of aromatic nitrogens is 2. The summed E-state index contributed by atoms with van der Waals surface area (Å²) in [6, 6.07) is 24.0. The molecule has 1 unspecified atom stereocenters. The molecular formula is C29H30N4O2. The van der Waals surface area contributed by atoms with E-state index in [1.54, 1.807) is 4.90 Å². The molecule has 0 spiro atoms. The van der Waals surface area contributed by atoms with Crippen molar-refractivity contribution in [2.45, 2.75) is 39.3 Å². The number of imidazole rings is 1. The average Bonchev–Trinajstić information content (AvgIpc) is 3.40. The second-order valence-electron chi connectivity index (χ2n) is 9.48. The van der Waals surface area contributed by atoms with Gasteiger partial charge in [-0.05, 0) is 43.2 Å².